The average Bonchev–Trinajstić information content (AvgIpc) is 3.70. The van der Waals surface area contributed by atoms with Crippen LogP contribution in [0.25, 0.3) is 33.6 Å². The number of halogens is 1. The fourth-order valence-corrected chi connectivity index (χ4v) is 9.75. The highest BCUT2D eigenvalue weighted by atomic mass is 35.5. The molecule has 4 aliphatic rings. The first-order valence-corrected chi connectivity index (χ1v) is 19.1. The molecule has 9 nitrogen and oxygen atoms in total. The molecule has 4 fully saturated rings. The van der Waals surface area contributed by atoms with Crippen LogP contribution in [0.5, 0.6) is 11.8 Å². The van der Waals surface area contributed by atoms with Gasteiger partial charge >= 0.3 is 0 Å². The van der Waals surface area contributed by atoms with E-state index in [0.717, 1.165) is 108 Å². The first-order valence-electron chi connectivity index (χ1n) is 17.5. The van der Waals surface area contributed by atoms with Crippen molar-refractivity contribution >= 4 is 35.1 Å². The van der Waals surface area contributed by atoms with Gasteiger partial charge in [0.25, 0.3) is 0 Å². The van der Waals surface area contributed by atoms with Crippen LogP contribution in [0.4, 0.5) is 0 Å². The maximum absolute atomic E-state index is 11.9. The smallest absolute Gasteiger partial charge is 0.220 e. The van der Waals surface area contributed by atoms with Crippen LogP contribution in [0.2, 0.25) is 5.02 Å². The van der Waals surface area contributed by atoms with Crippen LogP contribution in [-0.4, -0.2) is 83.7 Å². The van der Waals surface area contributed by atoms with Crippen molar-refractivity contribution in [1.82, 2.24) is 25.1 Å². The van der Waals surface area contributed by atoms with Gasteiger partial charge in [-0.3, -0.25) is 19.4 Å². The van der Waals surface area contributed by atoms with Gasteiger partial charge in [-0.25, -0.2) is 9.97 Å². The van der Waals surface area contributed by atoms with Crippen molar-refractivity contribution < 1.29 is 19.1 Å². The minimum atomic E-state index is -0.0683. The Labute approximate surface area is 308 Å². The Balaban J connectivity index is 1.03. The second-order valence-corrected chi connectivity index (χ2v) is 15.8. The number of thioether (sulfide) groups is 1. The maximum atomic E-state index is 11.9. The molecule has 0 atom stereocenters. The summed E-state index contributed by atoms with van der Waals surface area (Å²) in [6.45, 7) is 5.04. The van der Waals surface area contributed by atoms with Crippen LogP contribution in [0.1, 0.15) is 43.2 Å². The molecule has 264 valence electrons. The summed E-state index contributed by atoms with van der Waals surface area (Å²) >= 11 is 8.90. The zero-order valence-corrected chi connectivity index (χ0v) is 30.8. The molecule has 1 aliphatic carbocycles. The minimum Gasteiger partial charge on any atom is -0.481 e. The molecule has 1 N–H and O–H groups in total. The Morgan fingerprint density at radius 2 is 1.35 bits per heavy atom. The fraction of sp³-hybridized carbons (Fsp3) is 0.400. The van der Waals surface area contributed by atoms with Crippen molar-refractivity contribution in [3.63, 3.8) is 0 Å². The van der Waals surface area contributed by atoms with E-state index in [9.17, 15) is 9.59 Å². The fourth-order valence-electron chi connectivity index (χ4n) is 8.64. The third-order valence-electron chi connectivity index (χ3n) is 11.0. The number of ether oxygens (including phenoxy) is 2. The number of carbonyl (C=O) groups is 2. The van der Waals surface area contributed by atoms with Gasteiger partial charge in [0.2, 0.25) is 17.7 Å². The zero-order valence-electron chi connectivity index (χ0n) is 29.3. The van der Waals surface area contributed by atoms with Crippen molar-refractivity contribution in [2.24, 2.45) is 5.41 Å². The number of hydrogen-bond donors (Lipinski definition) is 1. The second-order valence-electron chi connectivity index (χ2n) is 14.6. The summed E-state index contributed by atoms with van der Waals surface area (Å²) in [5.74, 6) is 1.74. The normalized spacial score (nSPS) is 19.3. The predicted molar refractivity (Wildman–Crippen MR) is 200 cm³/mol. The number of benzene rings is 2. The van der Waals surface area contributed by atoms with Crippen LogP contribution in [0.3, 0.4) is 0 Å². The Hall–Kier alpha value is -3.96. The highest BCUT2D eigenvalue weighted by Crippen LogP contribution is 2.46. The molecule has 11 heteroatoms. The third-order valence-corrected chi connectivity index (χ3v) is 12.3. The molecule has 1 amide bonds. The molecule has 2 aromatic carbocycles. The monoisotopic (exact) mass is 723 g/mol. The number of likely N-dealkylation sites (tertiary alicyclic amines) is 2. The quantitative estimate of drug-likeness (QED) is 0.176. The number of pyridine rings is 2. The molecule has 3 aliphatic heterocycles. The van der Waals surface area contributed by atoms with Crippen LogP contribution in [-0.2, 0) is 22.7 Å². The van der Waals surface area contributed by atoms with E-state index in [1.807, 2.05) is 30.3 Å². The van der Waals surface area contributed by atoms with Gasteiger partial charge in [-0.15, -0.1) is 11.8 Å². The first kappa shape index (κ1) is 34.1. The van der Waals surface area contributed by atoms with E-state index >= 15 is 0 Å². The second kappa shape index (κ2) is 13.5. The Bertz CT molecular complexity index is 2030. The van der Waals surface area contributed by atoms with Crippen molar-refractivity contribution in [3.8, 4) is 45.4 Å². The van der Waals surface area contributed by atoms with Gasteiger partial charge in [0.15, 0.2) is 0 Å². The Morgan fingerprint density at radius 1 is 0.765 bits per heavy atom. The number of ketones is 1. The molecule has 0 radical (unpaired) electrons. The number of aromatic nitrogens is 2. The number of amides is 1. The minimum absolute atomic E-state index is 0.0683. The SMILES string of the molecule is COc1nc(-c2cccc(-c3cccc(-c4ccc(CN5CC6(CCC(=O)C6)C5)c(OC)n4)c3SC)c2Cl)ccc1CN1CC2(CCC(=O)N2)C1. The van der Waals surface area contributed by atoms with Gasteiger partial charge in [-0.2, -0.15) is 0 Å². The van der Waals surface area contributed by atoms with Crippen molar-refractivity contribution in [2.45, 2.75) is 55.6 Å². The van der Waals surface area contributed by atoms with Gasteiger partial charge in [-0.05, 0) is 36.8 Å². The summed E-state index contributed by atoms with van der Waals surface area (Å²) in [4.78, 5) is 39.3. The lowest BCUT2D eigenvalue weighted by Crippen LogP contribution is -2.66. The average molecular weight is 724 g/mol. The summed E-state index contributed by atoms with van der Waals surface area (Å²) < 4.78 is 11.6. The maximum Gasteiger partial charge on any atom is 0.220 e. The molecule has 2 aromatic heterocycles. The summed E-state index contributed by atoms with van der Waals surface area (Å²) in [7, 11) is 3.32. The van der Waals surface area contributed by atoms with E-state index < -0.39 is 0 Å². The van der Waals surface area contributed by atoms with Gasteiger partial charge in [-0.1, -0.05) is 60.1 Å². The molecule has 51 heavy (non-hydrogen) atoms. The summed E-state index contributed by atoms with van der Waals surface area (Å²) in [6, 6.07) is 20.6. The van der Waals surface area contributed by atoms with Gasteiger partial charge in [0, 0.05) is 96.7 Å². The molecule has 2 spiro atoms. The summed E-state index contributed by atoms with van der Waals surface area (Å²) in [5.41, 5.74) is 7.49. The number of nitrogens with one attached hydrogen (secondary N) is 1. The number of carbonyl (C=O) groups excluding carboxylic acids is 2. The summed E-state index contributed by atoms with van der Waals surface area (Å²) in [6.07, 6.45) is 6.04. The number of nitrogens with zero attached hydrogens (tertiary/aromatic N) is 4. The lowest BCUT2D eigenvalue weighted by molar-refractivity contribution is -0.121. The zero-order chi connectivity index (χ0) is 35.3. The molecule has 8 rings (SSSR count). The summed E-state index contributed by atoms with van der Waals surface area (Å²) in [5, 5.41) is 3.77. The van der Waals surface area contributed by atoms with Crippen molar-refractivity contribution in [3.05, 3.63) is 76.8 Å². The topological polar surface area (TPSA) is 96.9 Å². The van der Waals surface area contributed by atoms with Crippen LogP contribution in [0.15, 0.2) is 65.6 Å². The third kappa shape index (κ3) is 6.41. The number of rotatable bonds is 10. The van der Waals surface area contributed by atoms with E-state index in [1.54, 1.807) is 26.0 Å². The van der Waals surface area contributed by atoms with Gasteiger partial charge in [0.1, 0.15) is 5.78 Å². The Kier molecular flexibility index (Phi) is 9.07. The lowest BCUT2D eigenvalue weighted by Gasteiger charge is -2.48. The first-order chi connectivity index (χ1) is 24.7. The van der Waals surface area contributed by atoms with Crippen molar-refractivity contribution in [1.29, 1.82) is 0 Å². The van der Waals surface area contributed by atoms with Gasteiger partial charge < -0.3 is 14.8 Å². The van der Waals surface area contributed by atoms with Crippen molar-refractivity contribution in [2.75, 3.05) is 46.7 Å². The standard InChI is InChI=1S/C40H42ClN5O4S/c1-49-37-26(20-46-23-40(24-46)17-15-34(48)44-40)10-12-32(42-37)30-8-4-6-28(35(30)41)29-7-5-9-31(36(29)51-3)33-13-11-25(38(43-33)50-2)19-45-21-39(22-45)16-14-27(47)18-39/h4-13H,14-24H2,1-3H3,(H,44,48). The van der Waals surface area contributed by atoms with Gasteiger partial charge in [0.05, 0.1) is 36.2 Å². The van der Waals surface area contributed by atoms with E-state index in [4.69, 9.17) is 31.0 Å². The van der Waals surface area contributed by atoms with Crippen LogP contribution < -0.4 is 14.8 Å². The Morgan fingerprint density at radius 3 is 1.92 bits per heavy atom. The molecular weight excluding hydrogens is 682 g/mol. The predicted octanol–water partition coefficient (Wildman–Crippen LogP) is 6.89. The largest absolute Gasteiger partial charge is 0.481 e. The van der Waals surface area contributed by atoms with Crippen LogP contribution in [0, 0.1) is 5.41 Å². The molecule has 5 heterocycles. The molecule has 1 saturated carbocycles. The molecule has 0 unspecified atom stereocenters. The number of Topliss-reactive ketones (excluding diaryl/α,β-unsaturated/α-hetero) is 1. The van der Waals surface area contributed by atoms with E-state index in [2.05, 4.69) is 51.7 Å². The number of methoxy groups -OCH3 is 2. The van der Waals surface area contributed by atoms with E-state index in [0.29, 0.717) is 35.5 Å². The molecule has 0 bridgehead atoms. The lowest BCUT2D eigenvalue weighted by atomic mass is 9.78. The number of hydrogen-bond acceptors (Lipinski definition) is 9. The highest BCUT2D eigenvalue weighted by molar-refractivity contribution is 7.98. The van der Waals surface area contributed by atoms with E-state index in [-0.39, 0.29) is 16.9 Å². The molecular formula is C40H42ClN5O4S. The molecule has 4 aromatic rings. The highest BCUT2D eigenvalue weighted by Gasteiger charge is 2.48. The van der Waals surface area contributed by atoms with E-state index in [1.165, 1.54) is 0 Å². The molecule has 3 saturated heterocycles. The van der Waals surface area contributed by atoms with Crippen LogP contribution >= 0.6 is 23.4 Å².